The van der Waals surface area contributed by atoms with Crippen molar-refractivity contribution in [2.45, 2.75) is 13.0 Å². The Morgan fingerprint density at radius 1 is 1.47 bits per heavy atom. The van der Waals surface area contributed by atoms with E-state index in [0.717, 1.165) is 16.1 Å². The van der Waals surface area contributed by atoms with Crippen LogP contribution in [-0.2, 0) is 0 Å². The molecule has 0 aliphatic carbocycles. The van der Waals surface area contributed by atoms with Gasteiger partial charge in [0, 0.05) is 6.20 Å². The second-order valence-corrected chi connectivity index (χ2v) is 4.45. The number of hydrogen-bond acceptors (Lipinski definition) is 6. The van der Waals surface area contributed by atoms with Gasteiger partial charge in [-0.2, -0.15) is 0 Å². The third-order valence-corrected chi connectivity index (χ3v) is 3.51. The first-order valence-corrected chi connectivity index (χ1v) is 5.99. The Bertz CT molecular complexity index is 500. The zero-order chi connectivity index (χ0) is 12.3. The fourth-order valence-electron chi connectivity index (χ4n) is 1.62. The van der Waals surface area contributed by atoms with Crippen molar-refractivity contribution in [1.82, 2.24) is 15.4 Å². The van der Waals surface area contributed by atoms with Crippen molar-refractivity contribution in [2.24, 2.45) is 5.84 Å². The average Bonchev–Trinajstić information content (AvgIpc) is 2.77. The molecule has 0 aromatic carbocycles. The van der Waals surface area contributed by atoms with E-state index in [-0.39, 0.29) is 6.04 Å². The van der Waals surface area contributed by atoms with Gasteiger partial charge in [-0.1, -0.05) is 0 Å². The Morgan fingerprint density at radius 2 is 2.29 bits per heavy atom. The summed E-state index contributed by atoms with van der Waals surface area (Å²) in [6, 6.07) is 1.81. The second kappa shape index (κ2) is 5.22. The van der Waals surface area contributed by atoms with Gasteiger partial charge in [0.1, 0.15) is 5.75 Å². The van der Waals surface area contributed by atoms with Crippen LogP contribution in [0.25, 0.3) is 0 Å². The molecule has 5 nitrogen and oxygen atoms in total. The van der Waals surface area contributed by atoms with Crippen LogP contribution >= 0.6 is 11.3 Å². The van der Waals surface area contributed by atoms with Crippen LogP contribution in [0.15, 0.2) is 24.0 Å². The molecular formula is C11H14N4OS. The number of nitrogens with one attached hydrogen (secondary N) is 1. The highest BCUT2D eigenvalue weighted by Crippen LogP contribution is 2.28. The smallest absolute Gasteiger partial charge is 0.137 e. The molecule has 2 aromatic heterocycles. The third kappa shape index (κ3) is 2.44. The Kier molecular flexibility index (Phi) is 3.68. The summed E-state index contributed by atoms with van der Waals surface area (Å²) in [6.07, 6.45) is 3.43. The van der Waals surface area contributed by atoms with Gasteiger partial charge in [0.25, 0.3) is 0 Å². The molecule has 2 heterocycles. The van der Waals surface area contributed by atoms with Crippen LogP contribution in [0.1, 0.15) is 22.2 Å². The maximum Gasteiger partial charge on any atom is 0.137 e. The number of nitrogens with two attached hydrogens (primary N) is 1. The number of methoxy groups -OCH3 is 1. The minimum absolute atomic E-state index is 0.106. The maximum atomic E-state index is 5.62. The number of aryl methyl sites for hydroxylation is 1. The molecule has 2 rings (SSSR count). The summed E-state index contributed by atoms with van der Waals surface area (Å²) in [5, 5.41) is 0. The molecule has 0 fully saturated rings. The van der Waals surface area contributed by atoms with E-state index in [9.17, 15) is 0 Å². The van der Waals surface area contributed by atoms with Gasteiger partial charge in [-0.15, -0.1) is 11.3 Å². The molecule has 6 heteroatoms. The topological polar surface area (TPSA) is 73.1 Å². The van der Waals surface area contributed by atoms with E-state index < -0.39 is 0 Å². The van der Waals surface area contributed by atoms with E-state index in [4.69, 9.17) is 10.6 Å². The largest absolute Gasteiger partial charge is 0.495 e. The van der Waals surface area contributed by atoms with Crippen LogP contribution in [-0.4, -0.2) is 17.1 Å². The standard InChI is InChI=1S/C11H14N4OS/c1-7-11(17-6-14-7)10(15-12)8-3-9(16-2)5-13-4-8/h3-6,10,15H,12H2,1-2H3. The minimum Gasteiger partial charge on any atom is -0.495 e. The summed E-state index contributed by atoms with van der Waals surface area (Å²) in [7, 11) is 1.61. The zero-order valence-electron chi connectivity index (χ0n) is 9.68. The van der Waals surface area contributed by atoms with E-state index >= 15 is 0 Å². The van der Waals surface area contributed by atoms with Crippen LogP contribution in [0.2, 0.25) is 0 Å². The van der Waals surface area contributed by atoms with E-state index in [0.29, 0.717) is 5.75 Å². The SMILES string of the molecule is COc1cncc(C(NN)c2scnc2C)c1. The van der Waals surface area contributed by atoms with E-state index in [1.165, 1.54) is 0 Å². The molecule has 0 spiro atoms. The number of ether oxygens (including phenoxy) is 1. The summed E-state index contributed by atoms with van der Waals surface area (Å²) >= 11 is 1.57. The van der Waals surface area contributed by atoms with Crippen LogP contribution in [0, 0.1) is 6.92 Å². The molecule has 17 heavy (non-hydrogen) atoms. The van der Waals surface area contributed by atoms with Crippen molar-refractivity contribution < 1.29 is 4.74 Å². The predicted octanol–water partition coefficient (Wildman–Crippen LogP) is 1.41. The normalized spacial score (nSPS) is 12.4. The lowest BCUT2D eigenvalue weighted by atomic mass is 10.1. The summed E-state index contributed by atoms with van der Waals surface area (Å²) < 4.78 is 5.15. The summed E-state index contributed by atoms with van der Waals surface area (Å²) in [6.45, 7) is 1.96. The fraction of sp³-hybridized carbons (Fsp3) is 0.273. The van der Waals surface area contributed by atoms with Gasteiger partial charge >= 0.3 is 0 Å². The van der Waals surface area contributed by atoms with Gasteiger partial charge in [0.2, 0.25) is 0 Å². The molecule has 2 aromatic rings. The molecular weight excluding hydrogens is 236 g/mol. The Balaban J connectivity index is 2.38. The fourth-order valence-corrected chi connectivity index (χ4v) is 2.50. The Labute approximate surface area is 104 Å². The highest BCUT2D eigenvalue weighted by atomic mass is 32.1. The second-order valence-electron chi connectivity index (χ2n) is 3.56. The highest BCUT2D eigenvalue weighted by molar-refractivity contribution is 7.09. The first-order chi connectivity index (χ1) is 8.26. The van der Waals surface area contributed by atoms with Crippen molar-refractivity contribution in [3.8, 4) is 5.75 Å². The predicted molar refractivity (Wildman–Crippen MR) is 66.8 cm³/mol. The van der Waals surface area contributed by atoms with E-state index in [1.807, 2.05) is 18.5 Å². The summed E-state index contributed by atoms with van der Waals surface area (Å²) in [5.41, 5.74) is 6.53. The molecule has 0 bridgehead atoms. The first kappa shape index (κ1) is 12.0. The molecule has 0 radical (unpaired) electrons. The molecule has 0 saturated carbocycles. The first-order valence-electron chi connectivity index (χ1n) is 5.11. The summed E-state index contributed by atoms with van der Waals surface area (Å²) in [5.74, 6) is 6.33. The van der Waals surface area contributed by atoms with Gasteiger partial charge in [0.05, 0.1) is 35.4 Å². The number of rotatable bonds is 4. The Morgan fingerprint density at radius 3 is 2.88 bits per heavy atom. The number of pyridine rings is 1. The number of hydrazine groups is 1. The van der Waals surface area contributed by atoms with Crippen molar-refractivity contribution in [1.29, 1.82) is 0 Å². The monoisotopic (exact) mass is 250 g/mol. The third-order valence-electron chi connectivity index (χ3n) is 2.51. The maximum absolute atomic E-state index is 5.62. The van der Waals surface area contributed by atoms with E-state index in [1.54, 1.807) is 30.8 Å². The van der Waals surface area contributed by atoms with Gasteiger partial charge in [-0.05, 0) is 18.6 Å². The Hall–Kier alpha value is -1.50. The van der Waals surface area contributed by atoms with Crippen molar-refractivity contribution in [2.75, 3.05) is 7.11 Å². The average molecular weight is 250 g/mol. The van der Waals surface area contributed by atoms with Crippen LogP contribution in [0.4, 0.5) is 0 Å². The molecule has 90 valence electrons. The summed E-state index contributed by atoms with van der Waals surface area (Å²) in [4.78, 5) is 9.44. The van der Waals surface area contributed by atoms with Crippen LogP contribution in [0.3, 0.4) is 0 Å². The lowest BCUT2D eigenvalue weighted by molar-refractivity contribution is 0.411. The van der Waals surface area contributed by atoms with Gasteiger partial charge in [-0.3, -0.25) is 10.8 Å². The van der Waals surface area contributed by atoms with Gasteiger partial charge < -0.3 is 4.74 Å². The molecule has 0 aliphatic rings. The molecule has 1 atom stereocenters. The number of aromatic nitrogens is 2. The van der Waals surface area contributed by atoms with E-state index in [2.05, 4.69) is 15.4 Å². The molecule has 3 N–H and O–H groups in total. The number of thiazole rings is 1. The lowest BCUT2D eigenvalue weighted by Crippen LogP contribution is -2.28. The number of hydrogen-bond donors (Lipinski definition) is 2. The highest BCUT2D eigenvalue weighted by Gasteiger charge is 2.17. The van der Waals surface area contributed by atoms with Crippen molar-refractivity contribution >= 4 is 11.3 Å². The zero-order valence-corrected chi connectivity index (χ0v) is 10.5. The van der Waals surface area contributed by atoms with Gasteiger partial charge in [-0.25, -0.2) is 10.4 Å². The van der Waals surface area contributed by atoms with Crippen molar-refractivity contribution in [3.63, 3.8) is 0 Å². The van der Waals surface area contributed by atoms with Crippen LogP contribution in [0.5, 0.6) is 5.75 Å². The van der Waals surface area contributed by atoms with Crippen LogP contribution < -0.4 is 16.0 Å². The molecule has 0 amide bonds. The molecule has 1 unspecified atom stereocenters. The number of nitrogens with zero attached hydrogens (tertiary/aromatic N) is 2. The molecule has 0 aliphatic heterocycles. The minimum atomic E-state index is -0.106. The van der Waals surface area contributed by atoms with Crippen molar-refractivity contribution in [3.05, 3.63) is 40.1 Å². The molecule has 0 saturated heterocycles. The lowest BCUT2D eigenvalue weighted by Gasteiger charge is -2.15. The quantitative estimate of drug-likeness (QED) is 0.634. The van der Waals surface area contributed by atoms with Gasteiger partial charge in [0.15, 0.2) is 0 Å².